The number of imide groups is 1. The van der Waals surface area contributed by atoms with Gasteiger partial charge in [-0.3, -0.25) is 24.2 Å². The molecule has 2 aliphatic rings. The monoisotopic (exact) mass is 562 g/mol. The quantitative estimate of drug-likeness (QED) is 0.235. The van der Waals surface area contributed by atoms with Gasteiger partial charge in [-0.15, -0.1) is 0 Å². The number of fused-ring (bicyclic) bond motifs is 1. The minimum Gasteiger partial charge on any atom is -0.481 e. The van der Waals surface area contributed by atoms with Gasteiger partial charge in [-0.25, -0.2) is 0 Å². The van der Waals surface area contributed by atoms with Gasteiger partial charge >= 0.3 is 6.18 Å². The zero-order valence-electron chi connectivity index (χ0n) is 22.8. The Kier molecular flexibility index (Phi) is 10.9. The molecular weight excluding hydrogens is 525 g/mol. The number of hydrogen-bond acceptors (Lipinski definition) is 6. The van der Waals surface area contributed by atoms with Crippen LogP contribution < -0.4 is 10.6 Å². The van der Waals surface area contributed by atoms with Gasteiger partial charge in [-0.1, -0.05) is 37.8 Å². The standard InChI is InChI=1S/C27H33F3N4O2.C2H4O2/c28-27(29,30)23-19-20(11-12-24(23)31)33-17-15-32(16-18-33)13-7-3-1-2-4-8-14-34-25(35)21-9-5-6-10-22(21)26(34)36;1-2(3)4/h5-6,9-12,19H,1-4,7-8,13-18,31H2;1H3,(H,3,4). The second-order valence-corrected chi connectivity index (χ2v) is 10.0. The largest absolute Gasteiger partial charge is 0.481 e. The number of carbonyl (C=O) groups excluding carboxylic acids is 2. The first-order chi connectivity index (χ1) is 19.0. The van der Waals surface area contributed by atoms with Crippen molar-refractivity contribution in [3.05, 3.63) is 59.2 Å². The number of carboxylic acids is 1. The zero-order valence-corrected chi connectivity index (χ0v) is 22.8. The summed E-state index contributed by atoms with van der Waals surface area (Å²) in [5.41, 5.74) is 6.07. The van der Waals surface area contributed by atoms with Crippen LogP contribution in [-0.2, 0) is 11.0 Å². The molecule has 0 aliphatic carbocycles. The molecule has 0 aromatic heterocycles. The number of amides is 2. The van der Waals surface area contributed by atoms with E-state index in [0.29, 0.717) is 36.4 Å². The van der Waals surface area contributed by atoms with E-state index in [4.69, 9.17) is 15.6 Å². The molecule has 40 heavy (non-hydrogen) atoms. The van der Waals surface area contributed by atoms with Crippen LogP contribution in [0.2, 0.25) is 0 Å². The molecule has 1 fully saturated rings. The number of hydrogen-bond donors (Lipinski definition) is 2. The van der Waals surface area contributed by atoms with Crippen molar-refractivity contribution in [3.63, 3.8) is 0 Å². The van der Waals surface area contributed by atoms with Crippen LogP contribution in [0.15, 0.2) is 42.5 Å². The minimum atomic E-state index is -4.45. The average Bonchev–Trinajstić information content (AvgIpc) is 3.15. The Balaban J connectivity index is 0.00000103. The molecular formula is C29H37F3N4O4. The van der Waals surface area contributed by atoms with Crippen LogP contribution in [0.1, 0.15) is 71.7 Å². The Labute approximate surface area is 232 Å². The summed E-state index contributed by atoms with van der Waals surface area (Å²) < 4.78 is 39.4. The highest BCUT2D eigenvalue weighted by atomic mass is 19.4. The van der Waals surface area contributed by atoms with E-state index in [-0.39, 0.29) is 17.5 Å². The summed E-state index contributed by atoms with van der Waals surface area (Å²) in [5.74, 6) is -1.21. The first kappa shape index (κ1) is 30.9. The number of aliphatic carboxylic acids is 1. The van der Waals surface area contributed by atoms with E-state index in [1.54, 1.807) is 30.3 Å². The Morgan fingerprint density at radius 2 is 1.35 bits per heavy atom. The predicted octanol–water partition coefficient (Wildman–Crippen LogP) is 5.14. The fraction of sp³-hybridized carbons (Fsp3) is 0.483. The molecule has 2 aromatic rings. The Bertz CT molecular complexity index is 1140. The molecule has 2 aromatic carbocycles. The first-order valence-electron chi connectivity index (χ1n) is 13.6. The van der Waals surface area contributed by atoms with Crippen molar-refractivity contribution in [1.82, 2.24) is 9.80 Å². The van der Waals surface area contributed by atoms with Crippen molar-refractivity contribution >= 4 is 29.2 Å². The van der Waals surface area contributed by atoms with Crippen molar-refractivity contribution in [3.8, 4) is 0 Å². The smallest absolute Gasteiger partial charge is 0.418 e. The third kappa shape index (κ3) is 8.45. The predicted molar refractivity (Wildman–Crippen MR) is 147 cm³/mol. The summed E-state index contributed by atoms with van der Waals surface area (Å²) in [6.45, 7) is 5.57. The van der Waals surface area contributed by atoms with Crippen molar-refractivity contribution in [1.29, 1.82) is 0 Å². The number of nitrogen functional groups attached to an aromatic ring is 1. The lowest BCUT2D eigenvalue weighted by atomic mass is 10.1. The third-order valence-corrected chi connectivity index (χ3v) is 7.06. The number of benzene rings is 2. The average molecular weight is 563 g/mol. The maximum Gasteiger partial charge on any atom is 0.418 e. The Morgan fingerprint density at radius 3 is 1.88 bits per heavy atom. The number of halogens is 3. The lowest BCUT2D eigenvalue weighted by Crippen LogP contribution is -2.46. The van der Waals surface area contributed by atoms with E-state index in [1.807, 2.05) is 4.90 Å². The molecule has 4 rings (SSSR count). The van der Waals surface area contributed by atoms with Crippen LogP contribution in [0.4, 0.5) is 24.5 Å². The van der Waals surface area contributed by atoms with E-state index in [1.165, 1.54) is 11.0 Å². The molecule has 0 bridgehead atoms. The molecule has 0 saturated carbocycles. The molecule has 8 nitrogen and oxygen atoms in total. The van der Waals surface area contributed by atoms with E-state index >= 15 is 0 Å². The molecule has 218 valence electrons. The highest BCUT2D eigenvalue weighted by Crippen LogP contribution is 2.36. The number of carboxylic acid groups (broad SMARTS) is 1. The minimum absolute atomic E-state index is 0.187. The molecule has 2 aliphatic heterocycles. The summed E-state index contributed by atoms with van der Waals surface area (Å²) >= 11 is 0. The summed E-state index contributed by atoms with van der Waals surface area (Å²) in [5, 5.41) is 7.42. The van der Waals surface area contributed by atoms with Gasteiger partial charge in [-0.05, 0) is 49.7 Å². The molecule has 2 heterocycles. The lowest BCUT2D eigenvalue weighted by molar-refractivity contribution is -0.137. The van der Waals surface area contributed by atoms with Gasteiger partial charge in [0.25, 0.3) is 17.8 Å². The third-order valence-electron chi connectivity index (χ3n) is 7.06. The topological polar surface area (TPSA) is 107 Å². The Hall–Kier alpha value is -3.60. The van der Waals surface area contributed by atoms with E-state index in [0.717, 1.165) is 71.1 Å². The van der Waals surface area contributed by atoms with Gasteiger partial charge in [0.1, 0.15) is 0 Å². The van der Waals surface area contributed by atoms with Crippen molar-refractivity contribution in [2.75, 3.05) is 49.9 Å². The van der Waals surface area contributed by atoms with Gasteiger partial charge in [-0.2, -0.15) is 13.2 Å². The summed E-state index contributed by atoms with van der Waals surface area (Å²) in [7, 11) is 0. The van der Waals surface area contributed by atoms with E-state index in [9.17, 15) is 22.8 Å². The second kappa shape index (κ2) is 14.2. The maximum absolute atomic E-state index is 13.1. The number of carbonyl (C=O) groups is 3. The van der Waals surface area contributed by atoms with Gasteiger partial charge in [0.15, 0.2) is 0 Å². The number of piperazine rings is 1. The van der Waals surface area contributed by atoms with Gasteiger partial charge in [0, 0.05) is 51.0 Å². The number of rotatable bonds is 10. The van der Waals surface area contributed by atoms with E-state index in [2.05, 4.69) is 4.90 Å². The van der Waals surface area contributed by atoms with Gasteiger partial charge in [0.2, 0.25) is 0 Å². The fourth-order valence-electron chi connectivity index (χ4n) is 4.97. The van der Waals surface area contributed by atoms with Crippen LogP contribution in [0, 0.1) is 0 Å². The van der Waals surface area contributed by atoms with Crippen LogP contribution >= 0.6 is 0 Å². The van der Waals surface area contributed by atoms with Crippen molar-refractivity contribution in [2.45, 2.75) is 51.6 Å². The lowest BCUT2D eigenvalue weighted by Gasteiger charge is -2.36. The van der Waals surface area contributed by atoms with Gasteiger partial charge in [0.05, 0.1) is 16.7 Å². The van der Waals surface area contributed by atoms with Gasteiger partial charge < -0.3 is 15.7 Å². The Morgan fingerprint density at radius 1 is 0.850 bits per heavy atom. The summed E-state index contributed by atoms with van der Waals surface area (Å²) in [6, 6.07) is 11.1. The first-order valence-corrected chi connectivity index (χ1v) is 13.6. The molecule has 2 amide bonds. The zero-order chi connectivity index (χ0) is 29.3. The van der Waals surface area contributed by atoms with Crippen molar-refractivity contribution < 1.29 is 32.7 Å². The van der Waals surface area contributed by atoms with E-state index < -0.39 is 17.7 Å². The number of anilines is 2. The molecule has 3 N–H and O–H groups in total. The number of alkyl halides is 3. The second-order valence-electron chi connectivity index (χ2n) is 10.0. The molecule has 1 saturated heterocycles. The molecule has 0 unspecified atom stereocenters. The van der Waals surface area contributed by atoms with Crippen LogP contribution in [0.25, 0.3) is 0 Å². The SMILES string of the molecule is CC(=O)O.Nc1ccc(N2CCN(CCCCCCCCN3C(=O)c4ccccc4C3=O)CC2)cc1C(F)(F)F. The summed E-state index contributed by atoms with van der Waals surface area (Å²) in [6.07, 6.45) is 1.71. The number of nitrogens with zero attached hydrogens (tertiary/aromatic N) is 3. The normalized spacial score (nSPS) is 15.6. The van der Waals surface area contributed by atoms with Crippen LogP contribution in [0.3, 0.4) is 0 Å². The fourth-order valence-corrected chi connectivity index (χ4v) is 4.97. The molecule has 0 radical (unpaired) electrons. The van der Waals surface area contributed by atoms with Crippen LogP contribution in [-0.4, -0.2) is 72.0 Å². The summed E-state index contributed by atoms with van der Waals surface area (Å²) in [4.78, 5) is 39.5. The molecule has 11 heteroatoms. The molecule has 0 atom stereocenters. The maximum atomic E-state index is 13.1. The van der Waals surface area contributed by atoms with Crippen molar-refractivity contribution in [2.24, 2.45) is 0 Å². The molecule has 0 spiro atoms. The highest BCUT2D eigenvalue weighted by Gasteiger charge is 2.35. The number of unbranched alkanes of at least 4 members (excludes halogenated alkanes) is 5. The highest BCUT2D eigenvalue weighted by molar-refractivity contribution is 6.21. The number of nitrogens with two attached hydrogens (primary N) is 1. The van der Waals surface area contributed by atoms with Crippen LogP contribution in [0.5, 0.6) is 0 Å².